The lowest BCUT2D eigenvalue weighted by molar-refractivity contribution is 0.0536. The third kappa shape index (κ3) is 4.51. The van der Waals surface area contributed by atoms with Gasteiger partial charge in [0.15, 0.2) is 5.65 Å². The maximum atomic E-state index is 13.1. The normalized spacial score (nSPS) is 12.9. The lowest BCUT2D eigenvalue weighted by Crippen LogP contribution is -2.29. The predicted octanol–water partition coefficient (Wildman–Crippen LogP) is 3.02. The van der Waals surface area contributed by atoms with E-state index in [1.165, 1.54) is 36.2 Å². The molecule has 0 radical (unpaired) electrons. The number of pyridine rings is 1. The largest absolute Gasteiger partial charge is 0.324 e. The first-order chi connectivity index (χ1) is 17.1. The Kier molecular flexibility index (Phi) is 6.26. The number of hydroxylamine groups is 1. The van der Waals surface area contributed by atoms with Gasteiger partial charge in [0.25, 0.3) is 5.91 Å². The Bertz CT molecular complexity index is 1460. The molecule has 2 aromatic heterocycles. The highest BCUT2D eigenvalue weighted by Crippen LogP contribution is 2.23. The van der Waals surface area contributed by atoms with Gasteiger partial charge in [-0.3, -0.25) is 14.4 Å². The summed E-state index contributed by atoms with van der Waals surface area (Å²) in [7, 11) is 1.32. The van der Waals surface area contributed by atoms with Crippen molar-refractivity contribution in [3.63, 3.8) is 0 Å². The van der Waals surface area contributed by atoms with Crippen LogP contribution >= 0.6 is 0 Å². The summed E-state index contributed by atoms with van der Waals surface area (Å²) < 4.78 is 1.73. The molecule has 0 atom stereocenters. The molecule has 9 heteroatoms. The average Bonchev–Trinajstić information content (AvgIpc) is 2.89. The van der Waals surface area contributed by atoms with Crippen LogP contribution in [-0.2, 0) is 24.2 Å². The highest BCUT2D eigenvalue weighted by Gasteiger charge is 2.18. The minimum atomic E-state index is -0.636. The van der Waals surface area contributed by atoms with Gasteiger partial charge in [-0.25, -0.2) is 10.5 Å². The van der Waals surface area contributed by atoms with Gasteiger partial charge >= 0.3 is 0 Å². The van der Waals surface area contributed by atoms with Gasteiger partial charge in [-0.2, -0.15) is 4.98 Å². The molecule has 2 aromatic carbocycles. The van der Waals surface area contributed by atoms with Crippen LogP contribution in [-0.4, -0.2) is 34.1 Å². The monoisotopic (exact) mass is 470 g/mol. The fourth-order valence-electron chi connectivity index (χ4n) is 4.26. The van der Waals surface area contributed by atoms with Crippen LogP contribution in [0.3, 0.4) is 0 Å². The van der Waals surface area contributed by atoms with Crippen LogP contribution in [0, 0.1) is 0 Å². The lowest BCUT2D eigenvalue weighted by Gasteiger charge is -2.18. The number of carbonyl (C=O) groups excluding carboxylic acids is 1. The Hall–Kier alpha value is -4.08. The SMILES string of the molecule is CCc1ccc(-n2cc(C(=O)NOC)c(=O)c3cnc(Nc4ccc5c(c4)CNCC5)nc32)cc1. The Morgan fingerprint density at radius 3 is 2.77 bits per heavy atom. The molecule has 35 heavy (non-hydrogen) atoms. The van der Waals surface area contributed by atoms with E-state index in [-0.39, 0.29) is 10.9 Å². The Balaban J connectivity index is 1.61. The van der Waals surface area contributed by atoms with Gasteiger partial charge in [-0.15, -0.1) is 0 Å². The second kappa shape index (κ2) is 9.65. The van der Waals surface area contributed by atoms with Crippen LogP contribution in [0.2, 0.25) is 0 Å². The van der Waals surface area contributed by atoms with E-state index in [0.29, 0.717) is 11.6 Å². The van der Waals surface area contributed by atoms with E-state index in [0.717, 1.165) is 37.3 Å². The van der Waals surface area contributed by atoms with Gasteiger partial charge in [-0.1, -0.05) is 25.1 Å². The number of nitrogens with one attached hydrogen (secondary N) is 3. The van der Waals surface area contributed by atoms with Crippen LogP contribution in [0.25, 0.3) is 16.7 Å². The summed E-state index contributed by atoms with van der Waals surface area (Å²) in [6.07, 6.45) is 4.85. The summed E-state index contributed by atoms with van der Waals surface area (Å²) >= 11 is 0. The molecule has 1 amide bonds. The van der Waals surface area contributed by atoms with Crippen molar-refractivity contribution in [2.45, 2.75) is 26.3 Å². The van der Waals surface area contributed by atoms with Gasteiger partial charge in [0.05, 0.1) is 12.5 Å². The molecule has 1 aliphatic heterocycles. The van der Waals surface area contributed by atoms with Crippen LogP contribution in [0.1, 0.15) is 34.0 Å². The van der Waals surface area contributed by atoms with E-state index in [1.54, 1.807) is 4.57 Å². The summed E-state index contributed by atoms with van der Waals surface area (Å²) in [6, 6.07) is 14.1. The molecule has 9 nitrogen and oxygen atoms in total. The van der Waals surface area contributed by atoms with E-state index < -0.39 is 11.3 Å². The number of hydrogen-bond acceptors (Lipinski definition) is 7. The van der Waals surface area contributed by atoms with E-state index in [2.05, 4.69) is 45.1 Å². The highest BCUT2D eigenvalue weighted by molar-refractivity contribution is 5.96. The zero-order valence-corrected chi connectivity index (χ0v) is 19.6. The Morgan fingerprint density at radius 1 is 1.17 bits per heavy atom. The number of aryl methyl sites for hydroxylation is 1. The summed E-state index contributed by atoms with van der Waals surface area (Å²) in [6.45, 7) is 3.89. The topological polar surface area (TPSA) is 110 Å². The number of benzene rings is 2. The van der Waals surface area contributed by atoms with E-state index >= 15 is 0 Å². The second-order valence-corrected chi connectivity index (χ2v) is 8.36. The van der Waals surface area contributed by atoms with E-state index in [4.69, 9.17) is 4.84 Å². The highest BCUT2D eigenvalue weighted by atomic mass is 16.6. The molecule has 4 aromatic rings. The molecule has 0 spiro atoms. The quantitative estimate of drug-likeness (QED) is 0.372. The maximum absolute atomic E-state index is 13.1. The van der Waals surface area contributed by atoms with Crippen molar-refractivity contribution in [1.29, 1.82) is 0 Å². The Labute approximate surface area is 202 Å². The van der Waals surface area contributed by atoms with Crippen LogP contribution in [0.15, 0.2) is 59.7 Å². The molecule has 0 aliphatic carbocycles. The number of amides is 1. The molecule has 5 rings (SSSR count). The van der Waals surface area contributed by atoms with Crippen molar-refractivity contribution in [1.82, 2.24) is 25.3 Å². The molecular formula is C26H26N6O3. The van der Waals surface area contributed by atoms with Gasteiger partial charge in [0.1, 0.15) is 5.56 Å². The number of hydrogen-bond donors (Lipinski definition) is 3. The maximum Gasteiger partial charge on any atom is 0.280 e. The van der Waals surface area contributed by atoms with Crippen molar-refractivity contribution < 1.29 is 9.63 Å². The van der Waals surface area contributed by atoms with Crippen LogP contribution < -0.4 is 21.5 Å². The molecule has 0 unspecified atom stereocenters. The van der Waals surface area contributed by atoms with Gasteiger partial charge in [0.2, 0.25) is 11.4 Å². The number of fused-ring (bicyclic) bond motifs is 2. The van der Waals surface area contributed by atoms with E-state index in [1.807, 2.05) is 30.3 Å². The van der Waals surface area contributed by atoms with Crippen LogP contribution in [0.5, 0.6) is 0 Å². The minimum absolute atomic E-state index is 0.0644. The Morgan fingerprint density at radius 2 is 2.00 bits per heavy atom. The molecule has 0 saturated carbocycles. The molecule has 178 valence electrons. The summed E-state index contributed by atoms with van der Waals surface area (Å²) in [4.78, 5) is 39.4. The fourth-order valence-corrected chi connectivity index (χ4v) is 4.26. The predicted molar refractivity (Wildman–Crippen MR) is 134 cm³/mol. The lowest BCUT2D eigenvalue weighted by atomic mass is 10.0. The van der Waals surface area contributed by atoms with Crippen molar-refractivity contribution >= 4 is 28.6 Å². The summed E-state index contributed by atoms with van der Waals surface area (Å²) in [5.41, 5.74) is 7.46. The summed E-state index contributed by atoms with van der Waals surface area (Å²) in [5, 5.41) is 6.87. The van der Waals surface area contributed by atoms with Crippen molar-refractivity contribution in [3.8, 4) is 5.69 Å². The smallest absolute Gasteiger partial charge is 0.280 e. The minimum Gasteiger partial charge on any atom is -0.324 e. The number of nitrogens with zero attached hydrogens (tertiary/aromatic N) is 3. The average molecular weight is 471 g/mol. The fraction of sp³-hybridized carbons (Fsp3) is 0.231. The molecular weight excluding hydrogens is 444 g/mol. The molecule has 1 aliphatic rings. The first-order valence-corrected chi connectivity index (χ1v) is 11.5. The number of rotatable bonds is 6. The first kappa shape index (κ1) is 22.7. The third-order valence-electron chi connectivity index (χ3n) is 6.16. The molecule has 3 heterocycles. The third-order valence-corrected chi connectivity index (χ3v) is 6.16. The van der Waals surface area contributed by atoms with Gasteiger partial charge in [-0.05, 0) is 60.3 Å². The van der Waals surface area contributed by atoms with Crippen LogP contribution in [0.4, 0.5) is 11.6 Å². The molecule has 0 bridgehead atoms. The van der Waals surface area contributed by atoms with Crippen molar-refractivity contribution in [3.05, 3.63) is 87.3 Å². The molecule has 0 fully saturated rings. The number of carbonyl (C=O) groups is 1. The van der Waals surface area contributed by atoms with Crippen molar-refractivity contribution in [2.75, 3.05) is 19.0 Å². The summed E-state index contributed by atoms with van der Waals surface area (Å²) in [5.74, 6) is -0.281. The second-order valence-electron chi connectivity index (χ2n) is 8.36. The number of aromatic nitrogens is 3. The first-order valence-electron chi connectivity index (χ1n) is 11.5. The standard InChI is InChI=1S/C26H26N6O3/c1-3-16-4-8-20(9-5-16)32-15-22(25(34)31-35-2)23(33)21-14-28-26(30-24(21)32)29-19-7-6-17-10-11-27-13-18(17)12-19/h4-9,12,14-15,27H,3,10-11,13H2,1-2H3,(H,31,34)(H,28,29,30). The molecule has 3 N–H and O–H groups in total. The molecule has 0 saturated heterocycles. The van der Waals surface area contributed by atoms with Gasteiger partial charge < -0.3 is 15.2 Å². The number of anilines is 2. The zero-order valence-electron chi connectivity index (χ0n) is 19.6. The zero-order chi connectivity index (χ0) is 24.4. The van der Waals surface area contributed by atoms with E-state index in [9.17, 15) is 9.59 Å². The van der Waals surface area contributed by atoms with Gasteiger partial charge in [0, 0.05) is 30.3 Å². The van der Waals surface area contributed by atoms with Crippen molar-refractivity contribution in [2.24, 2.45) is 0 Å².